The number of rotatable bonds is 10. The van der Waals surface area contributed by atoms with E-state index < -0.39 is 0 Å². The van der Waals surface area contributed by atoms with Crippen molar-refractivity contribution >= 4 is 0 Å². The summed E-state index contributed by atoms with van der Waals surface area (Å²) in [5.74, 6) is 0. The smallest absolute Gasteiger partial charge is 0.0701 e. The summed E-state index contributed by atoms with van der Waals surface area (Å²) < 4.78 is 15.0. The van der Waals surface area contributed by atoms with Crippen LogP contribution in [-0.4, -0.2) is 63.1 Å². The highest BCUT2D eigenvalue weighted by atomic mass is 16.5. The van der Waals surface area contributed by atoms with Crippen LogP contribution in [0.1, 0.15) is 5.56 Å². The van der Waals surface area contributed by atoms with E-state index in [-0.39, 0.29) is 13.2 Å². The maximum absolute atomic E-state index is 8.36. The minimum absolute atomic E-state index is 0.0413. The molecule has 0 fully saturated rings. The molecule has 5 nitrogen and oxygen atoms in total. The van der Waals surface area contributed by atoms with E-state index in [9.17, 15) is 0 Å². The Hall–Kier alpha value is -0.980. The first kappa shape index (κ1) is 19.0. The van der Waals surface area contributed by atoms with Gasteiger partial charge in [-0.2, -0.15) is 0 Å². The Morgan fingerprint density at radius 3 is 1.40 bits per heavy atom. The van der Waals surface area contributed by atoms with Crippen LogP contribution in [0.4, 0.5) is 0 Å². The first-order valence-electron chi connectivity index (χ1n) is 6.78. The zero-order valence-corrected chi connectivity index (χ0v) is 12.2. The van der Waals surface area contributed by atoms with Gasteiger partial charge in [-0.25, -0.2) is 0 Å². The lowest BCUT2D eigenvalue weighted by Gasteiger charge is -2.04. The third-order valence-corrected chi connectivity index (χ3v) is 2.16. The van der Waals surface area contributed by atoms with Gasteiger partial charge in [0.1, 0.15) is 0 Å². The highest BCUT2D eigenvalue weighted by Crippen LogP contribution is 1.92. The predicted molar refractivity (Wildman–Crippen MR) is 77.8 cm³/mol. The largest absolute Gasteiger partial charge is 0.394 e. The van der Waals surface area contributed by atoms with Crippen LogP contribution in [0, 0.1) is 6.92 Å². The van der Waals surface area contributed by atoms with Crippen LogP contribution >= 0.6 is 0 Å². The molecule has 0 aliphatic rings. The molecule has 0 saturated carbocycles. The summed E-state index contributed by atoms with van der Waals surface area (Å²) in [6, 6.07) is 10.3. The van der Waals surface area contributed by atoms with E-state index in [4.69, 9.17) is 24.4 Å². The summed E-state index contributed by atoms with van der Waals surface area (Å²) in [4.78, 5) is 0. The fourth-order valence-electron chi connectivity index (χ4n) is 1.21. The highest BCUT2D eigenvalue weighted by Gasteiger charge is 1.89. The fourth-order valence-corrected chi connectivity index (χ4v) is 1.21. The molecule has 0 amide bonds. The first-order chi connectivity index (χ1) is 9.81. The first-order valence-corrected chi connectivity index (χ1v) is 6.78. The summed E-state index contributed by atoms with van der Waals surface area (Å²) >= 11 is 0. The van der Waals surface area contributed by atoms with Crippen LogP contribution in [0.25, 0.3) is 0 Å². The standard InChI is InChI=1S/C8H18O5.C7H8/c9-1-3-11-5-7-13-8-6-12-4-2-10;1-7-5-3-2-4-6-7/h9-10H,1-8H2;2-6H,1H3. The second-order valence-electron chi connectivity index (χ2n) is 3.94. The van der Waals surface area contributed by atoms with E-state index in [0.717, 1.165) is 0 Å². The van der Waals surface area contributed by atoms with E-state index in [1.807, 2.05) is 18.2 Å². The van der Waals surface area contributed by atoms with Gasteiger partial charge in [0.2, 0.25) is 0 Å². The van der Waals surface area contributed by atoms with E-state index >= 15 is 0 Å². The molecule has 0 bridgehead atoms. The molecule has 0 spiro atoms. The highest BCUT2D eigenvalue weighted by molar-refractivity contribution is 5.11. The van der Waals surface area contributed by atoms with Crippen molar-refractivity contribution in [1.82, 2.24) is 0 Å². The molecule has 0 radical (unpaired) electrons. The van der Waals surface area contributed by atoms with Crippen LogP contribution in [0.5, 0.6) is 0 Å². The lowest BCUT2D eigenvalue weighted by Crippen LogP contribution is -2.11. The van der Waals surface area contributed by atoms with Gasteiger partial charge >= 0.3 is 0 Å². The van der Waals surface area contributed by atoms with Crippen molar-refractivity contribution < 1.29 is 24.4 Å². The summed E-state index contributed by atoms with van der Waals surface area (Å²) in [7, 11) is 0. The second-order valence-corrected chi connectivity index (χ2v) is 3.94. The van der Waals surface area contributed by atoms with E-state index in [0.29, 0.717) is 39.6 Å². The maximum atomic E-state index is 8.36. The average Bonchev–Trinajstić information content (AvgIpc) is 2.47. The van der Waals surface area contributed by atoms with Gasteiger partial charge in [0.25, 0.3) is 0 Å². The van der Waals surface area contributed by atoms with Gasteiger partial charge in [-0.15, -0.1) is 0 Å². The predicted octanol–water partition coefficient (Wildman–Crippen LogP) is 1.02. The number of hydrogen-bond acceptors (Lipinski definition) is 5. The molecule has 116 valence electrons. The third kappa shape index (κ3) is 15.1. The maximum Gasteiger partial charge on any atom is 0.0701 e. The summed E-state index contributed by atoms with van der Waals surface area (Å²) in [6.45, 7) is 4.85. The number of benzene rings is 1. The molecule has 1 rings (SSSR count). The minimum atomic E-state index is 0.0413. The molecule has 0 heterocycles. The van der Waals surface area contributed by atoms with Gasteiger partial charge in [-0.05, 0) is 6.92 Å². The molecule has 0 saturated heterocycles. The van der Waals surface area contributed by atoms with Crippen LogP contribution in [0.2, 0.25) is 0 Å². The molecule has 0 unspecified atom stereocenters. The zero-order chi connectivity index (χ0) is 14.9. The molecule has 1 aromatic rings. The summed E-state index contributed by atoms with van der Waals surface area (Å²) in [5.41, 5.74) is 1.32. The summed E-state index contributed by atoms with van der Waals surface area (Å²) in [6.07, 6.45) is 0. The third-order valence-electron chi connectivity index (χ3n) is 2.16. The lowest BCUT2D eigenvalue weighted by molar-refractivity contribution is 0.00230. The monoisotopic (exact) mass is 286 g/mol. The van der Waals surface area contributed by atoms with E-state index in [1.165, 1.54) is 5.56 Å². The minimum Gasteiger partial charge on any atom is -0.394 e. The number of aliphatic hydroxyl groups is 2. The normalized spacial score (nSPS) is 9.95. The molecule has 0 aliphatic heterocycles. The van der Waals surface area contributed by atoms with Crippen molar-refractivity contribution in [2.24, 2.45) is 0 Å². The van der Waals surface area contributed by atoms with E-state index in [1.54, 1.807) is 0 Å². The molecular formula is C15H26O5. The van der Waals surface area contributed by atoms with Gasteiger partial charge in [-0.1, -0.05) is 35.9 Å². The molecule has 0 aromatic heterocycles. The van der Waals surface area contributed by atoms with Crippen molar-refractivity contribution in [3.8, 4) is 0 Å². The topological polar surface area (TPSA) is 68.2 Å². The molecular weight excluding hydrogens is 260 g/mol. The second kappa shape index (κ2) is 16.1. The zero-order valence-electron chi connectivity index (χ0n) is 12.2. The summed E-state index contributed by atoms with van der Waals surface area (Å²) in [5, 5.41) is 16.7. The Balaban J connectivity index is 0.000000428. The number of ether oxygens (including phenoxy) is 3. The number of hydrogen-bond donors (Lipinski definition) is 2. The molecule has 0 atom stereocenters. The number of aryl methyl sites for hydroxylation is 1. The van der Waals surface area contributed by atoms with Crippen molar-refractivity contribution in [2.45, 2.75) is 6.92 Å². The van der Waals surface area contributed by atoms with Crippen LogP contribution in [0.15, 0.2) is 30.3 Å². The van der Waals surface area contributed by atoms with Gasteiger partial charge in [0, 0.05) is 0 Å². The van der Waals surface area contributed by atoms with E-state index in [2.05, 4.69) is 19.1 Å². The Labute approximate surface area is 121 Å². The Morgan fingerprint density at radius 1 is 0.700 bits per heavy atom. The van der Waals surface area contributed by atoms with Crippen molar-refractivity contribution in [3.05, 3.63) is 35.9 Å². The van der Waals surface area contributed by atoms with Crippen molar-refractivity contribution in [3.63, 3.8) is 0 Å². The molecule has 5 heteroatoms. The van der Waals surface area contributed by atoms with Gasteiger partial charge in [-0.3, -0.25) is 0 Å². The van der Waals surface area contributed by atoms with Gasteiger partial charge < -0.3 is 24.4 Å². The van der Waals surface area contributed by atoms with Crippen LogP contribution in [0.3, 0.4) is 0 Å². The number of aliphatic hydroxyl groups excluding tert-OH is 2. The van der Waals surface area contributed by atoms with Crippen molar-refractivity contribution in [1.29, 1.82) is 0 Å². The SMILES string of the molecule is Cc1ccccc1.OCCOCCOCCOCCO. The fraction of sp³-hybridized carbons (Fsp3) is 0.600. The van der Waals surface area contributed by atoms with Gasteiger partial charge in [0.15, 0.2) is 0 Å². The Bertz CT molecular complexity index is 269. The Morgan fingerprint density at radius 2 is 1.10 bits per heavy atom. The lowest BCUT2D eigenvalue weighted by atomic mass is 10.2. The average molecular weight is 286 g/mol. The van der Waals surface area contributed by atoms with Gasteiger partial charge in [0.05, 0.1) is 52.9 Å². The molecule has 20 heavy (non-hydrogen) atoms. The van der Waals surface area contributed by atoms with Crippen molar-refractivity contribution in [2.75, 3.05) is 52.9 Å². The quantitative estimate of drug-likeness (QED) is 0.628. The molecule has 0 aliphatic carbocycles. The molecule has 1 aromatic carbocycles. The van der Waals surface area contributed by atoms with Crippen LogP contribution in [-0.2, 0) is 14.2 Å². The van der Waals surface area contributed by atoms with Crippen LogP contribution < -0.4 is 0 Å². The Kier molecular flexibility index (Phi) is 15.3. The molecule has 2 N–H and O–H groups in total.